The number of carbonyl (C=O) groups excluding carboxylic acids is 1. The lowest BCUT2D eigenvalue weighted by Gasteiger charge is -2.00. The molecule has 0 spiro atoms. The summed E-state index contributed by atoms with van der Waals surface area (Å²) in [5.41, 5.74) is 0.223. The molecular formula is C10H8ClN3O3. The average Bonchev–Trinajstić information content (AvgIpc) is 2.62. The van der Waals surface area contributed by atoms with Gasteiger partial charge in [-0.2, -0.15) is 4.99 Å². The van der Waals surface area contributed by atoms with Crippen molar-refractivity contribution in [2.75, 3.05) is 5.88 Å². The molecule has 6 nitrogen and oxygen atoms in total. The van der Waals surface area contributed by atoms with E-state index in [2.05, 4.69) is 21.8 Å². The number of fused-ring (bicyclic) bond motifs is 1. The Kier molecular flexibility index (Phi) is 2.81. The lowest BCUT2D eigenvalue weighted by molar-refractivity contribution is -0.115. The number of carbonyl (C=O) groups is 1. The van der Waals surface area contributed by atoms with Gasteiger partial charge in [0.15, 0.2) is 0 Å². The number of aliphatic imine (C=N–C) groups is 1. The van der Waals surface area contributed by atoms with Gasteiger partial charge in [0.2, 0.25) is 11.8 Å². The maximum atomic E-state index is 11.1. The molecule has 0 unspecified atom stereocenters. The summed E-state index contributed by atoms with van der Waals surface area (Å²) in [5, 5.41) is 17.6. The summed E-state index contributed by atoms with van der Waals surface area (Å²) < 4.78 is 5.27. The van der Waals surface area contributed by atoms with Gasteiger partial charge in [-0.1, -0.05) is 6.58 Å². The van der Waals surface area contributed by atoms with E-state index in [9.17, 15) is 9.90 Å². The molecular weight excluding hydrogens is 246 g/mol. The van der Waals surface area contributed by atoms with Crippen LogP contribution in [0.15, 0.2) is 4.99 Å². The van der Waals surface area contributed by atoms with Crippen molar-refractivity contribution in [3.63, 3.8) is 0 Å². The molecule has 1 aromatic heterocycles. The molecule has 1 aliphatic rings. The van der Waals surface area contributed by atoms with E-state index in [0.717, 1.165) is 0 Å². The predicted octanol–water partition coefficient (Wildman–Crippen LogP) is -0.737. The van der Waals surface area contributed by atoms with Crippen molar-refractivity contribution in [2.45, 2.75) is 6.92 Å². The number of amides is 1. The molecule has 88 valence electrons. The quantitative estimate of drug-likeness (QED) is 0.667. The molecule has 1 N–H and O–H groups in total. The van der Waals surface area contributed by atoms with E-state index in [0.29, 0.717) is 16.3 Å². The van der Waals surface area contributed by atoms with Gasteiger partial charge in [0.1, 0.15) is 17.2 Å². The van der Waals surface area contributed by atoms with E-state index >= 15 is 0 Å². The first kappa shape index (κ1) is 11.5. The second-order valence-electron chi connectivity index (χ2n) is 3.32. The van der Waals surface area contributed by atoms with Gasteiger partial charge in [0, 0.05) is 0 Å². The van der Waals surface area contributed by atoms with Crippen LogP contribution in [-0.2, 0) is 9.53 Å². The molecule has 0 fully saturated rings. The van der Waals surface area contributed by atoms with Crippen molar-refractivity contribution in [3.05, 3.63) is 16.1 Å². The van der Waals surface area contributed by atoms with Gasteiger partial charge in [0.25, 0.3) is 5.91 Å². The maximum absolute atomic E-state index is 11.1. The molecule has 0 bridgehead atoms. The normalized spacial score (nSPS) is 15.9. The molecule has 1 aromatic rings. The molecule has 0 radical (unpaired) electrons. The van der Waals surface area contributed by atoms with Crippen molar-refractivity contribution < 1.29 is 14.6 Å². The number of rotatable bonds is 1. The fraction of sp³-hybridized carbons (Fsp3) is 0.200. The Labute approximate surface area is 101 Å². The van der Waals surface area contributed by atoms with Crippen LogP contribution in [0.1, 0.15) is 12.5 Å². The highest BCUT2D eigenvalue weighted by atomic mass is 35.5. The predicted molar refractivity (Wildman–Crippen MR) is 60.9 cm³/mol. The minimum absolute atomic E-state index is 0.0274. The molecule has 7 heteroatoms. The van der Waals surface area contributed by atoms with Crippen LogP contribution in [0, 0.1) is 0 Å². The van der Waals surface area contributed by atoms with Crippen LogP contribution in [0.25, 0.3) is 12.3 Å². The molecule has 0 saturated carbocycles. The monoisotopic (exact) mass is 253 g/mol. The third-order valence-corrected chi connectivity index (χ3v) is 2.41. The largest absolute Gasteiger partial charge is 0.492 e. The fourth-order valence-corrected chi connectivity index (χ4v) is 1.57. The number of aromatic nitrogens is 2. The van der Waals surface area contributed by atoms with E-state index < -0.39 is 5.91 Å². The lowest BCUT2D eigenvalue weighted by atomic mass is 10.2. The Morgan fingerprint density at radius 3 is 2.94 bits per heavy atom. The fourth-order valence-electron chi connectivity index (χ4n) is 1.51. The molecule has 0 aromatic carbocycles. The second-order valence-corrected chi connectivity index (χ2v) is 3.59. The molecule has 17 heavy (non-hydrogen) atoms. The zero-order valence-corrected chi connectivity index (χ0v) is 9.65. The van der Waals surface area contributed by atoms with Crippen LogP contribution in [0.5, 0.6) is 5.88 Å². The first-order valence-corrected chi connectivity index (χ1v) is 5.19. The van der Waals surface area contributed by atoms with E-state index in [4.69, 9.17) is 16.3 Å². The van der Waals surface area contributed by atoms with Crippen LogP contribution < -0.4 is 10.6 Å². The highest BCUT2D eigenvalue weighted by molar-refractivity contribution is 6.28. The van der Waals surface area contributed by atoms with Crippen molar-refractivity contribution in [3.8, 4) is 5.88 Å². The number of hydrogen-bond donors (Lipinski definition) is 1. The van der Waals surface area contributed by atoms with Crippen LogP contribution in [0.3, 0.4) is 0 Å². The molecule has 2 rings (SSSR count). The maximum Gasteiger partial charge on any atom is 0.263 e. The van der Waals surface area contributed by atoms with Crippen molar-refractivity contribution in [2.24, 2.45) is 4.99 Å². The molecule has 0 atom stereocenters. The Bertz CT molecular complexity index is 639. The van der Waals surface area contributed by atoms with Crippen molar-refractivity contribution in [1.82, 2.24) is 10.2 Å². The summed E-state index contributed by atoms with van der Waals surface area (Å²) in [7, 11) is 0. The molecule has 2 heterocycles. The average molecular weight is 254 g/mol. The van der Waals surface area contributed by atoms with E-state index in [-0.39, 0.29) is 23.2 Å². The number of hydrogen-bond acceptors (Lipinski definition) is 5. The molecule has 0 aliphatic carbocycles. The summed E-state index contributed by atoms with van der Waals surface area (Å²) >= 11 is 5.34. The summed E-state index contributed by atoms with van der Waals surface area (Å²) in [6.45, 7) is 5.32. The Hall–Kier alpha value is -1.95. The SMILES string of the molecule is C=c1nnc(O)c2c1=C(C)OC2=NC(=O)CCl. The molecule has 1 aliphatic heterocycles. The topological polar surface area (TPSA) is 84.7 Å². The van der Waals surface area contributed by atoms with Crippen molar-refractivity contribution in [1.29, 1.82) is 0 Å². The Morgan fingerprint density at radius 2 is 2.29 bits per heavy atom. The summed E-state index contributed by atoms with van der Waals surface area (Å²) in [6, 6.07) is 0. The first-order chi connectivity index (χ1) is 8.04. The van der Waals surface area contributed by atoms with Gasteiger partial charge in [-0.15, -0.1) is 21.8 Å². The number of aromatic hydroxyl groups is 1. The van der Waals surface area contributed by atoms with Gasteiger partial charge in [0.05, 0.1) is 10.6 Å². The van der Waals surface area contributed by atoms with Gasteiger partial charge < -0.3 is 9.84 Å². The van der Waals surface area contributed by atoms with E-state index in [1.54, 1.807) is 6.92 Å². The third-order valence-electron chi connectivity index (χ3n) is 2.18. The van der Waals surface area contributed by atoms with E-state index in [1.165, 1.54) is 0 Å². The standard InChI is InChI=1S/C10H8ClN3O3/c1-4-7-5(2)17-10(12-6(15)3-11)8(7)9(16)14-13-4/h16H,1,3H2,2H3. The minimum atomic E-state index is -0.566. The minimum Gasteiger partial charge on any atom is -0.492 e. The van der Waals surface area contributed by atoms with Crippen LogP contribution in [0.4, 0.5) is 0 Å². The Morgan fingerprint density at radius 1 is 1.59 bits per heavy atom. The van der Waals surface area contributed by atoms with E-state index in [1.807, 2.05) is 0 Å². The summed E-state index contributed by atoms with van der Waals surface area (Å²) in [4.78, 5) is 14.8. The highest BCUT2D eigenvalue weighted by Crippen LogP contribution is 2.16. The second kappa shape index (κ2) is 4.14. The summed E-state index contributed by atoms with van der Waals surface area (Å²) in [5.74, 6) is -0.760. The number of ether oxygens (including phenoxy) is 1. The lowest BCUT2D eigenvalue weighted by Crippen LogP contribution is -2.31. The molecule has 1 amide bonds. The summed E-state index contributed by atoms with van der Waals surface area (Å²) in [6.07, 6.45) is 0. The first-order valence-electron chi connectivity index (χ1n) is 4.65. The molecule has 0 saturated heterocycles. The van der Waals surface area contributed by atoms with Gasteiger partial charge in [-0.05, 0) is 6.92 Å². The van der Waals surface area contributed by atoms with Gasteiger partial charge in [-0.25, -0.2) is 0 Å². The third kappa shape index (κ3) is 1.87. The van der Waals surface area contributed by atoms with Crippen LogP contribution in [0.2, 0.25) is 0 Å². The smallest absolute Gasteiger partial charge is 0.263 e. The van der Waals surface area contributed by atoms with Gasteiger partial charge >= 0.3 is 0 Å². The zero-order chi connectivity index (χ0) is 12.6. The van der Waals surface area contributed by atoms with Crippen LogP contribution >= 0.6 is 11.6 Å². The highest BCUT2D eigenvalue weighted by Gasteiger charge is 2.24. The number of halogens is 1. The zero-order valence-electron chi connectivity index (χ0n) is 8.90. The number of nitrogens with zero attached hydrogens (tertiary/aromatic N) is 3. The Balaban J connectivity index is 2.70. The number of alkyl halides is 1. The van der Waals surface area contributed by atoms with Gasteiger partial charge in [-0.3, -0.25) is 4.79 Å². The van der Waals surface area contributed by atoms with Crippen molar-refractivity contribution >= 4 is 35.7 Å². The van der Waals surface area contributed by atoms with Crippen LogP contribution in [-0.4, -0.2) is 33.0 Å².